The minimum Gasteiger partial charge on any atom is -0.487 e. The topological polar surface area (TPSA) is 66.9 Å². The Morgan fingerprint density at radius 1 is 0.973 bits per heavy atom. The second-order valence-corrected chi connectivity index (χ2v) is 18.0. The molecule has 3 aromatic carbocycles. The third-order valence-corrected chi connectivity index (χ3v) is 9.86. The van der Waals surface area contributed by atoms with E-state index >= 15 is 0 Å². The van der Waals surface area contributed by atoms with E-state index in [4.69, 9.17) is 4.74 Å². The normalized spacial score (nSPS) is 15.3. The van der Waals surface area contributed by atoms with Crippen molar-refractivity contribution in [1.82, 2.24) is 4.31 Å². The van der Waals surface area contributed by atoms with Gasteiger partial charge in [-0.2, -0.15) is 8.42 Å². The van der Waals surface area contributed by atoms with Crippen LogP contribution in [0, 0.1) is 12.7 Å². The van der Waals surface area contributed by atoms with Gasteiger partial charge in [0.05, 0.1) is 5.69 Å². The monoisotopic (exact) mass is 540 g/mol. The molecule has 1 aliphatic rings. The van der Waals surface area contributed by atoms with Crippen molar-refractivity contribution in [3.8, 4) is 5.75 Å². The van der Waals surface area contributed by atoms with E-state index in [9.17, 15) is 17.6 Å². The molecule has 0 aromatic heterocycles. The number of halogens is 1. The smallest absolute Gasteiger partial charge is 0.329 e. The highest BCUT2D eigenvalue weighted by molar-refractivity contribution is 7.91. The van der Waals surface area contributed by atoms with Crippen LogP contribution in [0.25, 0.3) is 0 Å². The van der Waals surface area contributed by atoms with Crippen molar-refractivity contribution >= 4 is 29.9 Å². The van der Waals surface area contributed by atoms with Crippen LogP contribution in [-0.4, -0.2) is 39.8 Å². The molecule has 1 heterocycles. The fraction of sp³-hybridized carbons (Fsp3) is 0.321. The fourth-order valence-corrected chi connectivity index (χ4v) is 6.76. The van der Waals surface area contributed by atoms with Gasteiger partial charge in [0.2, 0.25) is 0 Å². The van der Waals surface area contributed by atoms with Gasteiger partial charge in [0.1, 0.15) is 24.7 Å². The Kier molecular flexibility index (Phi) is 7.75. The summed E-state index contributed by atoms with van der Waals surface area (Å²) in [5.41, 5.74) is 3.36. The van der Waals surface area contributed by atoms with E-state index in [0.29, 0.717) is 29.5 Å². The average molecular weight is 541 g/mol. The number of hydrogen-bond acceptors (Lipinski definition) is 4. The van der Waals surface area contributed by atoms with Gasteiger partial charge in [0.15, 0.2) is 0 Å². The molecule has 196 valence electrons. The van der Waals surface area contributed by atoms with Crippen molar-refractivity contribution < 1.29 is 22.3 Å². The molecule has 3 aromatic rings. The summed E-state index contributed by atoms with van der Waals surface area (Å²) in [6.45, 7) is 8.38. The Hall–Kier alpha value is -3.17. The van der Waals surface area contributed by atoms with E-state index in [-0.39, 0.29) is 25.5 Å². The van der Waals surface area contributed by atoms with Gasteiger partial charge in [-0.15, -0.1) is 0 Å². The van der Waals surface area contributed by atoms with E-state index in [1.807, 2.05) is 43.3 Å². The van der Waals surface area contributed by atoms with Gasteiger partial charge in [0, 0.05) is 21.0 Å². The van der Waals surface area contributed by atoms with E-state index in [1.54, 1.807) is 24.3 Å². The van der Waals surface area contributed by atoms with E-state index in [1.165, 1.54) is 6.07 Å². The van der Waals surface area contributed by atoms with Crippen LogP contribution in [0.5, 0.6) is 5.75 Å². The third-order valence-electron chi connectivity index (χ3n) is 6.31. The lowest BCUT2D eigenvalue weighted by atomic mass is 10.0. The largest absolute Gasteiger partial charge is 0.487 e. The molecule has 0 radical (unpaired) electrons. The first-order valence-electron chi connectivity index (χ1n) is 12.3. The van der Waals surface area contributed by atoms with Crippen molar-refractivity contribution in [3.05, 3.63) is 94.8 Å². The molecule has 37 heavy (non-hydrogen) atoms. The first-order valence-corrected chi connectivity index (χ1v) is 17.4. The maximum Gasteiger partial charge on any atom is 0.329 e. The highest BCUT2D eigenvalue weighted by Crippen LogP contribution is 2.36. The molecule has 1 fully saturated rings. The zero-order valence-corrected chi connectivity index (χ0v) is 23.5. The lowest BCUT2D eigenvalue weighted by Gasteiger charge is -2.24. The summed E-state index contributed by atoms with van der Waals surface area (Å²) in [5.74, 6) is -0.406. The molecule has 1 aliphatic heterocycles. The van der Waals surface area contributed by atoms with Crippen LogP contribution in [0.1, 0.15) is 22.3 Å². The van der Waals surface area contributed by atoms with Crippen LogP contribution in [0.15, 0.2) is 66.7 Å². The van der Waals surface area contributed by atoms with Crippen molar-refractivity contribution in [3.63, 3.8) is 0 Å². The molecular formula is C28H33FN2O4SSi. The Bertz CT molecular complexity index is 1390. The van der Waals surface area contributed by atoms with Crippen LogP contribution < -0.4 is 9.04 Å². The molecule has 0 bridgehead atoms. The summed E-state index contributed by atoms with van der Waals surface area (Å²) in [6.07, 6.45) is 0.322. The second kappa shape index (κ2) is 10.7. The molecule has 0 saturated carbocycles. The summed E-state index contributed by atoms with van der Waals surface area (Å²) in [7, 11) is -5.61. The van der Waals surface area contributed by atoms with E-state index in [2.05, 4.69) is 19.6 Å². The van der Waals surface area contributed by atoms with E-state index < -0.39 is 24.2 Å². The minimum atomic E-state index is -4.04. The highest BCUT2D eigenvalue weighted by atomic mass is 32.2. The van der Waals surface area contributed by atoms with Gasteiger partial charge in [-0.1, -0.05) is 68.2 Å². The maximum absolute atomic E-state index is 14.5. The Balaban J connectivity index is 1.67. The number of carbonyl (C=O) groups excluding carboxylic acids is 1. The molecule has 0 N–H and O–H groups in total. The average Bonchev–Trinajstić information content (AvgIpc) is 3.06. The maximum atomic E-state index is 14.5. The summed E-state index contributed by atoms with van der Waals surface area (Å²) in [5, 5.41) is 0. The molecular weight excluding hydrogens is 507 g/mol. The molecule has 0 aliphatic carbocycles. The van der Waals surface area contributed by atoms with Crippen LogP contribution in [0.3, 0.4) is 0 Å². The SMILES string of the molecule is Cc1ccc(Cc2ccc(N3CC(=O)N(CC[Si](C)(C)C)S3(=O)=O)c(OCc3ccccc3)c2)c(F)c1. The molecule has 6 nitrogen and oxygen atoms in total. The zero-order valence-electron chi connectivity index (χ0n) is 21.7. The standard InChI is InChI=1S/C28H33FN2O4SSi/c1-21-10-12-24(25(29)16-21)17-23-11-13-26(27(18-23)35-20-22-8-6-5-7-9-22)31-19-28(32)30(36(31,33)34)14-15-37(2,3)4/h5-13,16,18H,14-15,17,19-20H2,1-4H3. The minimum absolute atomic E-state index is 0.179. The number of anilines is 1. The zero-order chi connectivity index (χ0) is 26.8. The molecule has 0 atom stereocenters. The summed E-state index contributed by atoms with van der Waals surface area (Å²) in [6, 6.07) is 20.5. The molecule has 9 heteroatoms. The lowest BCUT2D eigenvalue weighted by molar-refractivity contribution is -0.123. The molecule has 0 unspecified atom stereocenters. The van der Waals surface area contributed by atoms with Crippen LogP contribution in [0.2, 0.25) is 25.7 Å². The van der Waals surface area contributed by atoms with E-state index in [0.717, 1.165) is 25.3 Å². The quantitative estimate of drug-likeness (QED) is 0.335. The number of benzene rings is 3. The first-order chi connectivity index (χ1) is 17.4. The van der Waals surface area contributed by atoms with Gasteiger partial charge in [-0.05, 0) is 53.4 Å². The molecule has 4 rings (SSSR count). The fourth-order valence-electron chi connectivity index (χ4n) is 4.16. The number of amides is 1. The number of ether oxygens (including phenoxy) is 1. The summed E-state index contributed by atoms with van der Waals surface area (Å²) >= 11 is 0. The summed E-state index contributed by atoms with van der Waals surface area (Å²) in [4.78, 5) is 12.8. The van der Waals surface area contributed by atoms with Crippen LogP contribution in [-0.2, 0) is 28.0 Å². The van der Waals surface area contributed by atoms with Crippen molar-refractivity contribution in [1.29, 1.82) is 0 Å². The molecule has 1 saturated heterocycles. The number of carbonyl (C=O) groups is 1. The lowest BCUT2D eigenvalue weighted by Crippen LogP contribution is -2.37. The van der Waals surface area contributed by atoms with Crippen LogP contribution in [0.4, 0.5) is 10.1 Å². The van der Waals surface area contributed by atoms with Crippen molar-refractivity contribution in [2.24, 2.45) is 0 Å². The van der Waals surface area contributed by atoms with Gasteiger partial charge in [-0.3, -0.25) is 4.79 Å². The Morgan fingerprint density at radius 2 is 1.70 bits per heavy atom. The van der Waals surface area contributed by atoms with Crippen molar-refractivity contribution in [2.45, 2.75) is 45.6 Å². The van der Waals surface area contributed by atoms with Gasteiger partial charge in [-0.25, -0.2) is 13.0 Å². The number of rotatable bonds is 9. The molecule has 0 spiro atoms. The van der Waals surface area contributed by atoms with Gasteiger partial charge < -0.3 is 4.74 Å². The summed E-state index contributed by atoms with van der Waals surface area (Å²) < 4.78 is 49.6. The third kappa shape index (κ3) is 6.40. The first kappa shape index (κ1) is 26.9. The van der Waals surface area contributed by atoms with Crippen LogP contribution >= 0.6 is 0 Å². The van der Waals surface area contributed by atoms with Crippen molar-refractivity contribution in [2.75, 3.05) is 17.4 Å². The second-order valence-electron chi connectivity index (χ2n) is 10.6. The Labute approximate surface area is 219 Å². The number of hydrogen-bond donors (Lipinski definition) is 0. The predicted octanol–water partition coefficient (Wildman–Crippen LogP) is 5.54. The highest BCUT2D eigenvalue weighted by Gasteiger charge is 2.43. The predicted molar refractivity (Wildman–Crippen MR) is 147 cm³/mol. The Morgan fingerprint density at radius 3 is 2.38 bits per heavy atom. The van der Waals surface area contributed by atoms with Gasteiger partial charge >= 0.3 is 10.2 Å². The number of aryl methyl sites for hydroxylation is 1. The van der Waals surface area contributed by atoms with Gasteiger partial charge in [0.25, 0.3) is 5.91 Å². The molecule has 1 amide bonds. The number of nitrogens with zero attached hydrogens (tertiary/aromatic N) is 2.